The standard InChI is InChI=1S/C14H21N3OS/c1-15-14(19)17-9-7-16(8-10-17)11-12-3-5-13(18-2)6-4-12/h3-6H,7-11H2,1-2H3,(H,15,19). The van der Waals surface area contributed by atoms with Crippen LogP contribution in [0.25, 0.3) is 0 Å². The molecule has 0 spiro atoms. The molecular formula is C14H21N3OS. The minimum atomic E-state index is 0.851. The molecule has 1 aliphatic rings. The lowest BCUT2D eigenvalue weighted by Crippen LogP contribution is -2.50. The van der Waals surface area contributed by atoms with Gasteiger partial charge < -0.3 is 15.0 Å². The summed E-state index contributed by atoms with van der Waals surface area (Å²) in [7, 11) is 3.57. The molecule has 5 heteroatoms. The molecule has 0 amide bonds. The molecule has 1 aliphatic heterocycles. The fourth-order valence-corrected chi connectivity index (χ4v) is 2.44. The number of hydrogen-bond acceptors (Lipinski definition) is 3. The van der Waals surface area contributed by atoms with Crippen LogP contribution >= 0.6 is 12.2 Å². The maximum atomic E-state index is 5.25. The molecule has 2 rings (SSSR count). The molecule has 0 atom stereocenters. The van der Waals surface area contributed by atoms with Crippen molar-refractivity contribution in [2.24, 2.45) is 0 Å². The molecule has 0 saturated carbocycles. The van der Waals surface area contributed by atoms with E-state index in [-0.39, 0.29) is 0 Å². The minimum absolute atomic E-state index is 0.851. The first kappa shape index (κ1) is 14.1. The second kappa shape index (κ2) is 6.73. The Labute approximate surface area is 120 Å². The fraction of sp³-hybridized carbons (Fsp3) is 0.500. The van der Waals surface area contributed by atoms with Crippen molar-refractivity contribution in [1.29, 1.82) is 0 Å². The van der Waals surface area contributed by atoms with Gasteiger partial charge in [-0.3, -0.25) is 4.90 Å². The zero-order chi connectivity index (χ0) is 13.7. The number of nitrogens with zero attached hydrogens (tertiary/aromatic N) is 2. The normalized spacial score (nSPS) is 16.2. The van der Waals surface area contributed by atoms with Gasteiger partial charge in [-0.05, 0) is 29.9 Å². The van der Waals surface area contributed by atoms with E-state index in [9.17, 15) is 0 Å². The van der Waals surface area contributed by atoms with Crippen LogP contribution < -0.4 is 10.1 Å². The van der Waals surface area contributed by atoms with Crippen molar-refractivity contribution in [3.8, 4) is 5.75 Å². The number of methoxy groups -OCH3 is 1. The lowest BCUT2D eigenvalue weighted by Gasteiger charge is -2.35. The quantitative estimate of drug-likeness (QED) is 0.843. The third-order valence-corrected chi connectivity index (χ3v) is 3.90. The van der Waals surface area contributed by atoms with Gasteiger partial charge in [0, 0.05) is 39.8 Å². The Kier molecular flexibility index (Phi) is 4.99. The number of ether oxygens (including phenoxy) is 1. The predicted octanol–water partition coefficient (Wildman–Crippen LogP) is 1.32. The van der Waals surface area contributed by atoms with E-state index in [4.69, 9.17) is 17.0 Å². The van der Waals surface area contributed by atoms with Crippen LogP contribution in [0.4, 0.5) is 0 Å². The molecule has 0 radical (unpaired) electrons. The Morgan fingerprint density at radius 2 is 1.84 bits per heavy atom. The van der Waals surface area contributed by atoms with Crippen LogP contribution in [0.5, 0.6) is 5.75 Å². The van der Waals surface area contributed by atoms with Gasteiger partial charge in [0.25, 0.3) is 0 Å². The van der Waals surface area contributed by atoms with Crippen molar-refractivity contribution in [2.75, 3.05) is 40.3 Å². The zero-order valence-electron chi connectivity index (χ0n) is 11.6. The fourth-order valence-electron chi connectivity index (χ4n) is 2.26. The van der Waals surface area contributed by atoms with Gasteiger partial charge in [0.15, 0.2) is 5.11 Å². The molecule has 1 N–H and O–H groups in total. The van der Waals surface area contributed by atoms with Gasteiger partial charge in [-0.25, -0.2) is 0 Å². The van der Waals surface area contributed by atoms with Crippen LogP contribution in [-0.4, -0.2) is 55.2 Å². The molecule has 0 unspecified atom stereocenters. The predicted molar refractivity (Wildman–Crippen MR) is 81.5 cm³/mol. The van der Waals surface area contributed by atoms with E-state index in [2.05, 4.69) is 27.2 Å². The van der Waals surface area contributed by atoms with Crippen LogP contribution in [0.3, 0.4) is 0 Å². The summed E-state index contributed by atoms with van der Waals surface area (Å²) < 4.78 is 5.17. The number of nitrogens with one attached hydrogen (secondary N) is 1. The second-order valence-corrected chi connectivity index (χ2v) is 5.05. The molecule has 4 nitrogen and oxygen atoms in total. The third-order valence-electron chi connectivity index (χ3n) is 3.44. The van der Waals surface area contributed by atoms with Gasteiger partial charge in [-0.1, -0.05) is 12.1 Å². The third kappa shape index (κ3) is 3.81. The molecule has 0 aliphatic carbocycles. The molecule has 1 heterocycles. The van der Waals surface area contributed by atoms with Crippen molar-refractivity contribution in [3.05, 3.63) is 29.8 Å². The van der Waals surface area contributed by atoms with Gasteiger partial charge >= 0.3 is 0 Å². The Morgan fingerprint density at radius 1 is 1.21 bits per heavy atom. The topological polar surface area (TPSA) is 27.7 Å². The smallest absolute Gasteiger partial charge is 0.168 e. The van der Waals surface area contributed by atoms with E-state index in [1.165, 1.54) is 5.56 Å². The summed E-state index contributed by atoms with van der Waals surface area (Å²) in [5.41, 5.74) is 1.32. The largest absolute Gasteiger partial charge is 0.497 e. The number of thiocarbonyl (C=S) groups is 1. The summed E-state index contributed by atoms with van der Waals surface area (Å²) in [6.07, 6.45) is 0. The lowest BCUT2D eigenvalue weighted by molar-refractivity contribution is 0.175. The average molecular weight is 279 g/mol. The van der Waals surface area contributed by atoms with Gasteiger partial charge in [0.1, 0.15) is 5.75 Å². The minimum Gasteiger partial charge on any atom is -0.497 e. The summed E-state index contributed by atoms with van der Waals surface area (Å²) in [5.74, 6) is 0.910. The first-order chi connectivity index (χ1) is 9.22. The number of piperazine rings is 1. The highest BCUT2D eigenvalue weighted by Gasteiger charge is 2.18. The van der Waals surface area contributed by atoms with Crippen LogP contribution in [0.1, 0.15) is 5.56 Å². The van der Waals surface area contributed by atoms with Crippen LogP contribution in [0.15, 0.2) is 24.3 Å². The molecule has 1 aromatic carbocycles. The number of hydrogen-bond donors (Lipinski definition) is 1. The summed E-state index contributed by atoms with van der Waals surface area (Å²) in [6.45, 7) is 5.08. The Balaban J connectivity index is 1.83. The number of benzene rings is 1. The summed E-state index contributed by atoms with van der Waals surface area (Å²) in [4.78, 5) is 4.68. The average Bonchev–Trinajstić information content (AvgIpc) is 2.48. The highest BCUT2D eigenvalue weighted by Crippen LogP contribution is 2.14. The van der Waals surface area contributed by atoms with Crippen molar-refractivity contribution >= 4 is 17.3 Å². The van der Waals surface area contributed by atoms with Crippen molar-refractivity contribution in [1.82, 2.24) is 15.1 Å². The molecule has 104 valence electrons. The highest BCUT2D eigenvalue weighted by molar-refractivity contribution is 7.80. The Hall–Kier alpha value is -1.33. The molecule has 1 saturated heterocycles. The van der Waals surface area contributed by atoms with Gasteiger partial charge in [-0.2, -0.15) is 0 Å². The second-order valence-electron chi connectivity index (χ2n) is 4.67. The van der Waals surface area contributed by atoms with Gasteiger partial charge in [0.05, 0.1) is 7.11 Å². The van der Waals surface area contributed by atoms with Crippen LogP contribution in [0, 0.1) is 0 Å². The summed E-state index contributed by atoms with van der Waals surface area (Å²) >= 11 is 5.25. The Bertz CT molecular complexity index is 413. The maximum absolute atomic E-state index is 5.25. The summed E-state index contributed by atoms with van der Waals surface area (Å²) in [6, 6.07) is 8.29. The van der Waals surface area contributed by atoms with Crippen LogP contribution in [-0.2, 0) is 6.54 Å². The lowest BCUT2D eigenvalue weighted by atomic mass is 10.2. The molecule has 0 bridgehead atoms. The van der Waals surface area contributed by atoms with E-state index in [0.29, 0.717) is 0 Å². The SMILES string of the molecule is CNC(=S)N1CCN(Cc2ccc(OC)cc2)CC1. The molecule has 1 fully saturated rings. The van der Waals surface area contributed by atoms with Gasteiger partial charge in [-0.15, -0.1) is 0 Å². The molecule has 1 aromatic rings. The van der Waals surface area contributed by atoms with Crippen molar-refractivity contribution < 1.29 is 4.74 Å². The van der Waals surface area contributed by atoms with Crippen molar-refractivity contribution in [2.45, 2.75) is 6.54 Å². The van der Waals surface area contributed by atoms with Crippen molar-refractivity contribution in [3.63, 3.8) is 0 Å². The zero-order valence-corrected chi connectivity index (χ0v) is 12.4. The van der Waals surface area contributed by atoms with Crippen LogP contribution in [0.2, 0.25) is 0 Å². The van der Waals surface area contributed by atoms with E-state index in [1.807, 2.05) is 19.2 Å². The first-order valence-corrected chi connectivity index (χ1v) is 6.95. The molecule has 0 aromatic heterocycles. The van der Waals surface area contributed by atoms with E-state index < -0.39 is 0 Å². The van der Waals surface area contributed by atoms with E-state index in [0.717, 1.165) is 43.6 Å². The monoisotopic (exact) mass is 279 g/mol. The number of rotatable bonds is 3. The maximum Gasteiger partial charge on any atom is 0.168 e. The Morgan fingerprint density at radius 3 is 2.37 bits per heavy atom. The van der Waals surface area contributed by atoms with E-state index in [1.54, 1.807) is 7.11 Å². The molecular weight excluding hydrogens is 258 g/mol. The van der Waals surface area contributed by atoms with Gasteiger partial charge in [0.2, 0.25) is 0 Å². The van der Waals surface area contributed by atoms with E-state index >= 15 is 0 Å². The summed E-state index contributed by atoms with van der Waals surface area (Å²) in [5, 5.41) is 3.89. The first-order valence-electron chi connectivity index (χ1n) is 6.55. The molecule has 19 heavy (non-hydrogen) atoms. The highest BCUT2D eigenvalue weighted by atomic mass is 32.1.